The fraction of sp³-hybridized carbons (Fsp3) is 0.100. The van der Waals surface area contributed by atoms with Gasteiger partial charge in [-0.15, -0.1) is 0 Å². The average molecular weight is 455 g/mol. The molecule has 1 aliphatic rings. The molecule has 0 unspecified atom stereocenters. The van der Waals surface area contributed by atoms with Crippen LogP contribution in [-0.4, -0.2) is 27.0 Å². The normalized spacial score (nSPS) is 16.0. The van der Waals surface area contributed by atoms with E-state index < -0.39 is 17.8 Å². The van der Waals surface area contributed by atoms with Crippen LogP contribution in [0.2, 0.25) is 0 Å². The molecule has 1 aliphatic heterocycles. The highest BCUT2D eigenvalue weighted by molar-refractivity contribution is 9.10. The minimum atomic E-state index is -0.805. The van der Waals surface area contributed by atoms with E-state index in [0.717, 1.165) is 14.9 Å². The monoisotopic (exact) mass is 454 g/mol. The molecule has 4 rings (SSSR count). The molecule has 3 aromatic rings. The molecule has 2 heterocycles. The topological polar surface area (TPSA) is 93.4 Å². The van der Waals surface area contributed by atoms with E-state index in [0.29, 0.717) is 16.8 Å². The lowest BCUT2D eigenvalue weighted by Crippen LogP contribution is -2.54. The minimum absolute atomic E-state index is 0.173. The highest BCUT2D eigenvalue weighted by Crippen LogP contribution is 2.24. The summed E-state index contributed by atoms with van der Waals surface area (Å²) in [7, 11) is 3.32. The highest BCUT2D eigenvalue weighted by atomic mass is 79.9. The summed E-state index contributed by atoms with van der Waals surface area (Å²) in [6, 6.07) is 10.9. The Morgan fingerprint density at radius 1 is 0.897 bits per heavy atom. The Hall–Kier alpha value is -3.46. The van der Waals surface area contributed by atoms with Crippen molar-refractivity contribution in [1.29, 1.82) is 0 Å². The molecule has 0 saturated carbocycles. The van der Waals surface area contributed by atoms with Gasteiger partial charge in [0.05, 0.1) is 16.7 Å². The van der Waals surface area contributed by atoms with Crippen LogP contribution in [0.5, 0.6) is 0 Å². The molecule has 4 amide bonds. The number of hydrogen-bond donors (Lipinski definition) is 1. The van der Waals surface area contributed by atoms with Crippen molar-refractivity contribution in [3.05, 3.63) is 68.6 Å². The van der Waals surface area contributed by atoms with Crippen molar-refractivity contribution in [2.75, 3.05) is 4.90 Å². The van der Waals surface area contributed by atoms with Crippen molar-refractivity contribution in [3.63, 3.8) is 0 Å². The van der Waals surface area contributed by atoms with Gasteiger partial charge >= 0.3 is 11.7 Å². The van der Waals surface area contributed by atoms with E-state index in [1.807, 2.05) is 0 Å². The summed E-state index contributed by atoms with van der Waals surface area (Å²) >= 11 is 3.30. The Labute approximate surface area is 173 Å². The van der Waals surface area contributed by atoms with Gasteiger partial charge in [-0.3, -0.25) is 24.0 Å². The molecule has 8 nitrogen and oxygen atoms in total. The number of barbiturate groups is 1. The number of amides is 4. The van der Waals surface area contributed by atoms with Gasteiger partial charge in [-0.1, -0.05) is 22.0 Å². The largest absolute Gasteiger partial charge is 0.335 e. The molecule has 2 aromatic carbocycles. The molecule has 1 N–H and O–H groups in total. The van der Waals surface area contributed by atoms with E-state index in [1.165, 1.54) is 15.2 Å². The van der Waals surface area contributed by atoms with Gasteiger partial charge in [0.1, 0.15) is 5.57 Å². The zero-order valence-electron chi connectivity index (χ0n) is 15.5. The number of aryl methyl sites for hydroxylation is 2. The molecule has 0 radical (unpaired) electrons. The van der Waals surface area contributed by atoms with Crippen molar-refractivity contribution in [2.45, 2.75) is 0 Å². The molecule has 0 spiro atoms. The summed E-state index contributed by atoms with van der Waals surface area (Å²) in [5.74, 6) is -1.49. The number of imidazole rings is 1. The van der Waals surface area contributed by atoms with Gasteiger partial charge in [-0.2, -0.15) is 0 Å². The van der Waals surface area contributed by atoms with E-state index in [-0.39, 0.29) is 11.3 Å². The lowest BCUT2D eigenvalue weighted by Gasteiger charge is -2.26. The Bertz CT molecular complexity index is 1280. The maximum absolute atomic E-state index is 12.9. The summed E-state index contributed by atoms with van der Waals surface area (Å²) in [6.07, 6.45) is 1.41. The smallest absolute Gasteiger partial charge is 0.295 e. The third kappa shape index (κ3) is 3.09. The number of aromatic nitrogens is 2. The van der Waals surface area contributed by atoms with Gasteiger partial charge in [0.15, 0.2) is 0 Å². The maximum Gasteiger partial charge on any atom is 0.335 e. The van der Waals surface area contributed by atoms with Gasteiger partial charge in [0, 0.05) is 18.6 Å². The zero-order valence-corrected chi connectivity index (χ0v) is 17.1. The number of rotatable bonds is 2. The molecule has 0 bridgehead atoms. The quantitative estimate of drug-likeness (QED) is 0.474. The number of carbonyl (C=O) groups is 3. The number of anilines is 1. The van der Waals surface area contributed by atoms with Gasteiger partial charge in [-0.05, 0) is 48.0 Å². The summed E-state index contributed by atoms with van der Waals surface area (Å²) in [6.45, 7) is 0. The second kappa shape index (κ2) is 6.85. The Balaban J connectivity index is 1.78. The number of halogens is 1. The fourth-order valence-electron chi connectivity index (χ4n) is 3.26. The molecule has 1 aromatic heterocycles. The Morgan fingerprint density at radius 3 is 2.24 bits per heavy atom. The molecule has 9 heteroatoms. The number of imide groups is 2. The summed E-state index contributed by atoms with van der Waals surface area (Å²) in [5, 5.41) is 2.19. The van der Waals surface area contributed by atoms with Crippen LogP contribution in [0, 0.1) is 0 Å². The summed E-state index contributed by atoms with van der Waals surface area (Å²) in [4.78, 5) is 50.5. The predicted octanol–water partition coefficient (Wildman–Crippen LogP) is 2.31. The van der Waals surface area contributed by atoms with Crippen molar-refractivity contribution >= 4 is 56.6 Å². The molecular weight excluding hydrogens is 440 g/mol. The first-order valence-electron chi connectivity index (χ1n) is 8.60. The van der Waals surface area contributed by atoms with E-state index in [4.69, 9.17) is 0 Å². The maximum atomic E-state index is 12.9. The van der Waals surface area contributed by atoms with Crippen molar-refractivity contribution in [2.24, 2.45) is 14.1 Å². The SMILES string of the molecule is Cn1c(=O)n(C)c2cc(/C=C3\C(=O)NC(=O)N(c4ccc(Br)cc4)C3=O)ccc21. The van der Waals surface area contributed by atoms with E-state index in [2.05, 4.69) is 21.2 Å². The molecule has 1 saturated heterocycles. The van der Waals surface area contributed by atoms with Crippen LogP contribution in [0.1, 0.15) is 5.56 Å². The molecule has 29 heavy (non-hydrogen) atoms. The first kappa shape index (κ1) is 18.9. The van der Waals surface area contributed by atoms with Crippen LogP contribution in [0.15, 0.2) is 57.3 Å². The number of benzene rings is 2. The number of hydrogen-bond acceptors (Lipinski definition) is 4. The highest BCUT2D eigenvalue weighted by Gasteiger charge is 2.36. The third-order valence-electron chi connectivity index (χ3n) is 4.79. The number of nitrogens with one attached hydrogen (secondary N) is 1. The lowest BCUT2D eigenvalue weighted by atomic mass is 10.1. The van der Waals surface area contributed by atoms with Crippen LogP contribution < -0.4 is 15.9 Å². The standard InChI is InChI=1S/C20H15BrN4O4/c1-23-15-8-3-11(10-16(15)24(2)20(23)29)9-14-17(26)22-19(28)25(18(14)27)13-6-4-12(21)5-7-13/h3-10H,1-2H3,(H,22,26,28)/b14-9+. The number of nitrogens with zero attached hydrogens (tertiary/aromatic N) is 3. The van der Waals surface area contributed by atoms with Crippen LogP contribution in [0.3, 0.4) is 0 Å². The molecule has 0 aliphatic carbocycles. The molecule has 146 valence electrons. The number of fused-ring (bicyclic) bond motifs is 1. The Morgan fingerprint density at radius 2 is 1.55 bits per heavy atom. The van der Waals surface area contributed by atoms with Crippen LogP contribution in [0.25, 0.3) is 17.1 Å². The third-order valence-corrected chi connectivity index (χ3v) is 5.32. The van der Waals surface area contributed by atoms with Gasteiger partial charge in [0.2, 0.25) is 0 Å². The van der Waals surface area contributed by atoms with E-state index in [9.17, 15) is 19.2 Å². The first-order valence-corrected chi connectivity index (χ1v) is 9.39. The zero-order chi connectivity index (χ0) is 20.9. The predicted molar refractivity (Wildman–Crippen MR) is 111 cm³/mol. The van der Waals surface area contributed by atoms with Crippen molar-refractivity contribution < 1.29 is 14.4 Å². The van der Waals surface area contributed by atoms with Crippen LogP contribution in [0.4, 0.5) is 10.5 Å². The molecule has 1 fully saturated rings. The summed E-state index contributed by atoms with van der Waals surface area (Å²) < 4.78 is 3.79. The molecular formula is C20H15BrN4O4. The second-order valence-corrected chi connectivity index (χ2v) is 7.50. The van der Waals surface area contributed by atoms with Crippen molar-refractivity contribution in [1.82, 2.24) is 14.5 Å². The fourth-order valence-corrected chi connectivity index (χ4v) is 3.53. The lowest BCUT2D eigenvalue weighted by molar-refractivity contribution is -0.122. The number of carbonyl (C=O) groups excluding carboxylic acids is 3. The van der Waals surface area contributed by atoms with Gasteiger partial charge in [0.25, 0.3) is 11.8 Å². The first-order chi connectivity index (χ1) is 13.8. The van der Waals surface area contributed by atoms with Crippen LogP contribution >= 0.6 is 15.9 Å². The minimum Gasteiger partial charge on any atom is -0.295 e. The van der Waals surface area contributed by atoms with Crippen molar-refractivity contribution in [3.8, 4) is 0 Å². The van der Waals surface area contributed by atoms with E-state index in [1.54, 1.807) is 56.6 Å². The van der Waals surface area contributed by atoms with E-state index >= 15 is 0 Å². The average Bonchev–Trinajstić information content (AvgIpc) is 2.90. The van der Waals surface area contributed by atoms with Gasteiger partial charge in [-0.25, -0.2) is 14.5 Å². The molecule has 0 atom stereocenters. The van der Waals surface area contributed by atoms with Crippen LogP contribution in [-0.2, 0) is 23.7 Å². The number of urea groups is 1. The summed E-state index contributed by atoms with van der Waals surface area (Å²) in [5.41, 5.74) is 1.94. The Kier molecular flexibility index (Phi) is 4.46. The van der Waals surface area contributed by atoms with Gasteiger partial charge < -0.3 is 0 Å². The second-order valence-electron chi connectivity index (χ2n) is 6.58.